The first-order chi connectivity index (χ1) is 5.09. The highest BCUT2D eigenvalue weighted by Gasteiger charge is 2.03. The summed E-state index contributed by atoms with van der Waals surface area (Å²) in [5.41, 5.74) is 0.877. The summed E-state index contributed by atoms with van der Waals surface area (Å²) in [4.78, 5) is 3.42. The maximum atomic E-state index is 12.6. The second-order valence-electron chi connectivity index (χ2n) is 2.70. The third kappa shape index (κ3) is 2.15. The highest BCUT2D eigenvalue weighted by atomic mass is 35.5. The lowest BCUT2D eigenvalue weighted by molar-refractivity contribution is 0.579. The molecule has 0 fully saturated rings. The van der Waals surface area contributed by atoms with Gasteiger partial charge in [0.15, 0.2) is 0 Å². The molecule has 0 saturated carbocycles. The van der Waals surface area contributed by atoms with Crippen molar-refractivity contribution in [3.05, 3.63) is 28.8 Å². The topological polar surface area (TPSA) is 12.9 Å². The number of pyridine rings is 1. The molecule has 3 heteroatoms. The summed E-state index contributed by atoms with van der Waals surface area (Å²) in [5.74, 6) is -0.230. The van der Waals surface area contributed by atoms with Crippen molar-refractivity contribution in [2.24, 2.45) is 0 Å². The van der Waals surface area contributed by atoms with Crippen LogP contribution in [0.3, 0.4) is 0 Å². The van der Waals surface area contributed by atoms with Gasteiger partial charge in [0.2, 0.25) is 5.95 Å². The lowest BCUT2D eigenvalue weighted by Crippen LogP contribution is -1.91. The van der Waals surface area contributed by atoms with Crippen molar-refractivity contribution in [3.8, 4) is 0 Å². The molecule has 0 radical (unpaired) electrons. The maximum Gasteiger partial charge on any atom is 0.214 e. The Balaban J connectivity index is 3.08. The van der Waals surface area contributed by atoms with Crippen LogP contribution in [-0.4, -0.2) is 4.98 Å². The Bertz CT molecular complexity index is 240. The van der Waals surface area contributed by atoms with Gasteiger partial charge < -0.3 is 0 Å². The fourth-order valence-corrected chi connectivity index (χ4v) is 1.02. The molecule has 0 N–H and O–H groups in total. The Morgan fingerprint density at radius 2 is 2.09 bits per heavy atom. The van der Waals surface area contributed by atoms with E-state index in [2.05, 4.69) is 4.98 Å². The van der Waals surface area contributed by atoms with E-state index in [1.54, 1.807) is 6.07 Å². The molecule has 0 aliphatic carbocycles. The minimum Gasteiger partial charge on any atom is -0.208 e. The van der Waals surface area contributed by atoms with Crippen LogP contribution < -0.4 is 0 Å². The van der Waals surface area contributed by atoms with E-state index in [0.29, 0.717) is 0 Å². The average Bonchev–Trinajstić information content (AvgIpc) is 1.85. The zero-order valence-electron chi connectivity index (χ0n) is 6.44. The second-order valence-corrected chi connectivity index (χ2v) is 3.09. The molecule has 11 heavy (non-hydrogen) atoms. The first kappa shape index (κ1) is 8.47. The number of rotatable bonds is 1. The third-order valence-electron chi connectivity index (χ3n) is 1.45. The molecule has 0 aliphatic heterocycles. The molecule has 0 aliphatic rings. The van der Waals surface area contributed by atoms with E-state index in [1.165, 1.54) is 6.07 Å². The molecule has 1 aromatic heterocycles. The molecule has 0 amide bonds. The van der Waals surface area contributed by atoms with Crippen LogP contribution >= 0.6 is 11.6 Å². The standard InChI is InChI=1S/C8H9ClFN/c1-5(2)6-3-7(9)11-8(10)4-6/h3-5H,1-2H3. The zero-order valence-corrected chi connectivity index (χ0v) is 7.19. The number of nitrogens with zero attached hydrogens (tertiary/aromatic N) is 1. The van der Waals surface area contributed by atoms with Crippen LogP contribution in [0.25, 0.3) is 0 Å². The Hall–Kier alpha value is -0.630. The first-order valence-corrected chi connectivity index (χ1v) is 3.80. The van der Waals surface area contributed by atoms with Crippen LogP contribution in [-0.2, 0) is 0 Å². The molecule has 1 aromatic rings. The van der Waals surface area contributed by atoms with Crippen LogP contribution in [0.4, 0.5) is 4.39 Å². The Kier molecular flexibility index (Phi) is 2.45. The first-order valence-electron chi connectivity index (χ1n) is 3.42. The summed E-state index contributed by atoms with van der Waals surface area (Å²) in [7, 11) is 0. The van der Waals surface area contributed by atoms with Crippen molar-refractivity contribution in [1.82, 2.24) is 4.98 Å². The summed E-state index contributed by atoms with van der Waals surface area (Å²) < 4.78 is 12.6. The van der Waals surface area contributed by atoms with E-state index in [-0.39, 0.29) is 11.1 Å². The molecule has 0 spiro atoms. The van der Waals surface area contributed by atoms with Gasteiger partial charge in [-0.25, -0.2) is 4.98 Å². The normalized spacial score (nSPS) is 10.6. The van der Waals surface area contributed by atoms with Crippen LogP contribution in [0.5, 0.6) is 0 Å². The third-order valence-corrected chi connectivity index (χ3v) is 1.65. The lowest BCUT2D eigenvalue weighted by atomic mass is 10.1. The second kappa shape index (κ2) is 3.18. The predicted octanol–water partition coefficient (Wildman–Crippen LogP) is 3.00. The highest BCUT2D eigenvalue weighted by Crippen LogP contribution is 2.17. The molecule has 0 bridgehead atoms. The van der Waals surface area contributed by atoms with Crippen LogP contribution in [0, 0.1) is 5.95 Å². The Labute approximate surface area is 70.2 Å². The Morgan fingerprint density at radius 3 is 2.55 bits per heavy atom. The molecule has 0 atom stereocenters. The molecular weight excluding hydrogens is 165 g/mol. The van der Waals surface area contributed by atoms with E-state index in [1.807, 2.05) is 13.8 Å². The lowest BCUT2D eigenvalue weighted by Gasteiger charge is -2.04. The monoisotopic (exact) mass is 173 g/mol. The van der Waals surface area contributed by atoms with Crippen molar-refractivity contribution in [1.29, 1.82) is 0 Å². The number of halogens is 2. The number of hydrogen-bond acceptors (Lipinski definition) is 1. The van der Waals surface area contributed by atoms with E-state index in [0.717, 1.165) is 5.56 Å². The van der Waals surface area contributed by atoms with Crippen LogP contribution in [0.15, 0.2) is 12.1 Å². The van der Waals surface area contributed by atoms with Crippen LogP contribution in [0.1, 0.15) is 25.3 Å². The van der Waals surface area contributed by atoms with Gasteiger partial charge in [-0.2, -0.15) is 4.39 Å². The smallest absolute Gasteiger partial charge is 0.208 e. The Morgan fingerprint density at radius 1 is 1.45 bits per heavy atom. The zero-order chi connectivity index (χ0) is 8.43. The number of aromatic nitrogens is 1. The molecule has 1 rings (SSSR count). The van der Waals surface area contributed by atoms with Gasteiger partial charge in [0.25, 0.3) is 0 Å². The SMILES string of the molecule is CC(C)c1cc(F)nc(Cl)c1. The van der Waals surface area contributed by atoms with Gasteiger partial charge in [-0.15, -0.1) is 0 Å². The van der Waals surface area contributed by atoms with Gasteiger partial charge in [0, 0.05) is 0 Å². The van der Waals surface area contributed by atoms with Gasteiger partial charge in [-0.05, 0) is 23.6 Å². The molecular formula is C8H9ClFN. The van der Waals surface area contributed by atoms with E-state index in [9.17, 15) is 4.39 Å². The largest absolute Gasteiger partial charge is 0.214 e. The van der Waals surface area contributed by atoms with Gasteiger partial charge in [0.05, 0.1) is 0 Å². The van der Waals surface area contributed by atoms with E-state index >= 15 is 0 Å². The van der Waals surface area contributed by atoms with Gasteiger partial charge in [0.1, 0.15) is 5.15 Å². The van der Waals surface area contributed by atoms with Crippen molar-refractivity contribution < 1.29 is 4.39 Å². The summed E-state index contributed by atoms with van der Waals surface area (Å²) in [6, 6.07) is 3.08. The molecule has 1 nitrogen and oxygen atoms in total. The van der Waals surface area contributed by atoms with E-state index in [4.69, 9.17) is 11.6 Å². The summed E-state index contributed by atoms with van der Waals surface area (Å²) in [5, 5.41) is 0.216. The maximum absolute atomic E-state index is 12.6. The highest BCUT2D eigenvalue weighted by molar-refractivity contribution is 6.29. The van der Waals surface area contributed by atoms with Crippen molar-refractivity contribution >= 4 is 11.6 Å². The van der Waals surface area contributed by atoms with Crippen LogP contribution in [0.2, 0.25) is 5.15 Å². The quantitative estimate of drug-likeness (QED) is 0.595. The summed E-state index contributed by atoms with van der Waals surface area (Å²) in [6.07, 6.45) is 0. The molecule has 0 saturated heterocycles. The molecule has 1 heterocycles. The summed E-state index contributed by atoms with van der Waals surface area (Å²) in [6.45, 7) is 3.95. The minimum atomic E-state index is -0.513. The van der Waals surface area contributed by atoms with Gasteiger partial charge in [-0.1, -0.05) is 25.4 Å². The predicted molar refractivity (Wildman–Crippen MR) is 43.3 cm³/mol. The fourth-order valence-electron chi connectivity index (χ4n) is 0.817. The van der Waals surface area contributed by atoms with Crippen molar-refractivity contribution in [3.63, 3.8) is 0 Å². The van der Waals surface area contributed by atoms with Gasteiger partial charge >= 0.3 is 0 Å². The molecule has 0 aromatic carbocycles. The molecule has 0 unspecified atom stereocenters. The average molecular weight is 174 g/mol. The molecule has 60 valence electrons. The van der Waals surface area contributed by atoms with E-state index < -0.39 is 5.95 Å². The summed E-state index contributed by atoms with van der Waals surface area (Å²) >= 11 is 5.54. The number of hydrogen-bond donors (Lipinski definition) is 0. The minimum absolute atomic E-state index is 0.216. The fraction of sp³-hybridized carbons (Fsp3) is 0.375. The van der Waals surface area contributed by atoms with Crippen molar-refractivity contribution in [2.75, 3.05) is 0 Å². The van der Waals surface area contributed by atoms with Crippen molar-refractivity contribution in [2.45, 2.75) is 19.8 Å². The van der Waals surface area contributed by atoms with Gasteiger partial charge in [-0.3, -0.25) is 0 Å².